The van der Waals surface area contributed by atoms with Crippen LogP contribution in [0.3, 0.4) is 0 Å². The molecule has 0 aliphatic rings. The lowest BCUT2D eigenvalue weighted by Crippen LogP contribution is -2.17. The van der Waals surface area contributed by atoms with Gasteiger partial charge in [0, 0.05) is 18.0 Å². The highest BCUT2D eigenvalue weighted by molar-refractivity contribution is 5.93. The molecule has 0 spiro atoms. The SMILES string of the molecule is COc1nc(/C=C(/C(=O)O)C(C)(C)C)ccc1-n1ccnc1. The molecule has 0 aromatic carbocycles. The first-order valence-electron chi connectivity index (χ1n) is 6.82. The average molecular weight is 301 g/mol. The summed E-state index contributed by atoms with van der Waals surface area (Å²) in [6.45, 7) is 5.55. The number of imidazole rings is 1. The maximum Gasteiger partial charge on any atom is 0.332 e. The van der Waals surface area contributed by atoms with Crippen LogP contribution in [-0.2, 0) is 4.79 Å². The number of carboxylic acid groups (broad SMARTS) is 1. The van der Waals surface area contributed by atoms with Crippen LogP contribution < -0.4 is 4.74 Å². The fourth-order valence-corrected chi connectivity index (χ4v) is 2.02. The Balaban J connectivity index is 2.48. The molecule has 0 amide bonds. The van der Waals surface area contributed by atoms with E-state index < -0.39 is 11.4 Å². The molecular weight excluding hydrogens is 282 g/mol. The van der Waals surface area contributed by atoms with Gasteiger partial charge in [-0.3, -0.25) is 0 Å². The van der Waals surface area contributed by atoms with Crippen LogP contribution in [0.2, 0.25) is 0 Å². The van der Waals surface area contributed by atoms with Crippen LogP contribution in [0, 0.1) is 5.41 Å². The topological polar surface area (TPSA) is 77.2 Å². The summed E-state index contributed by atoms with van der Waals surface area (Å²) >= 11 is 0. The van der Waals surface area contributed by atoms with Crippen molar-refractivity contribution in [2.45, 2.75) is 20.8 Å². The number of nitrogens with zero attached hydrogens (tertiary/aromatic N) is 3. The highest BCUT2D eigenvalue weighted by atomic mass is 16.5. The lowest BCUT2D eigenvalue weighted by atomic mass is 9.86. The molecular formula is C16H19N3O3. The predicted molar refractivity (Wildman–Crippen MR) is 83.0 cm³/mol. The second kappa shape index (κ2) is 6.01. The monoisotopic (exact) mass is 301 g/mol. The standard InChI is InChI=1S/C16H19N3O3/c1-16(2,3)12(15(20)21)9-11-5-6-13(14(18-11)22-4)19-8-7-17-10-19/h5-10H,1-4H3,(H,20,21)/b12-9-. The Morgan fingerprint density at radius 2 is 2.09 bits per heavy atom. The highest BCUT2D eigenvalue weighted by Crippen LogP contribution is 2.28. The van der Waals surface area contributed by atoms with Crippen LogP contribution in [0.1, 0.15) is 26.5 Å². The van der Waals surface area contributed by atoms with Crippen LogP contribution in [-0.4, -0.2) is 32.7 Å². The molecule has 0 unspecified atom stereocenters. The smallest absolute Gasteiger partial charge is 0.332 e. The molecule has 22 heavy (non-hydrogen) atoms. The fraction of sp³-hybridized carbons (Fsp3) is 0.312. The molecule has 2 heterocycles. The molecule has 6 nitrogen and oxygen atoms in total. The third-order valence-electron chi connectivity index (χ3n) is 3.17. The lowest BCUT2D eigenvalue weighted by molar-refractivity contribution is -0.133. The predicted octanol–water partition coefficient (Wildman–Crippen LogP) is 2.79. The molecule has 0 aliphatic heterocycles. The molecule has 6 heteroatoms. The molecule has 0 bridgehead atoms. The minimum Gasteiger partial charge on any atom is -0.479 e. The first-order valence-corrected chi connectivity index (χ1v) is 6.82. The summed E-state index contributed by atoms with van der Waals surface area (Å²) in [6, 6.07) is 3.58. The Kier molecular flexibility index (Phi) is 4.30. The number of carbonyl (C=O) groups is 1. The molecule has 0 radical (unpaired) electrons. The molecule has 2 aromatic heterocycles. The summed E-state index contributed by atoms with van der Waals surface area (Å²) in [6.07, 6.45) is 6.66. The molecule has 0 saturated heterocycles. The fourth-order valence-electron chi connectivity index (χ4n) is 2.02. The Morgan fingerprint density at radius 3 is 2.59 bits per heavy atom. The molecule has 0 saturated carbocycles. The van der Waals surface area contributed by atoms with E-state index in [-0.39, 0.29) is 5.57 Å². The van der Waals surface area contributed by atoms with Gasteiger partial charge in [-0.25, -0.2) is 14.8 Å². The number of hydrogen-bond acceptors (Lipinski definition) is 4. The van der Waals surface area contributed by atoms with Crippen molar-refractivity contribution in [1.29, 1.82) is 0 Å². The van der Waals surface area contributed by atoms with E-state index in [4.69, 9.17) is 4.74 Å². The van der Waals surface area contributed by atoms with Gasteiger partial charge >= 0.3 is 5.97 Å². The van der Waals surface area contributed by atoms with Crippen molar-refractivity contribution in [1.82, 2.24) is 14.5 Å². The van der Waals surface area contributed by atoms with Crippen LogP contribution in [0.5, 0.6) is 5.88 Å². The van der Waals surface area contributed by atoms with E-state index in [0.717, 1.165) is 5.69 Å². The van der Waals surface area contributed by atoms with Gasteiger partial charge in [-0.05, 0) is 23.6 Å². The van der Waals surface area contributed by atoms with Gasteiger partial charge in [-0.2, -0.15) is 0 Å². The number of aromatic nitrogens is 3. The van der Waals surface area contributed by atoms with Crippen molar-refractivity contribution in [2.24, 2.45) is 5.41 Å². The van der Waals surface area contributed by atoms with Crippen molar-refractivity contribution in [3.8, 4) is 11.6 Å². The van der Waals surface area contributed by atoms with Gasteiger partial charge in [0.1, 0.15) is 5.69 Å². The second-order valence-corrected chi connectivity index (χ2v) is 5.85. The summed E-state index contributed by atoms with van der Waals surface area (Å²) in [5, 5.41) is 9.36. The van der Waals surface area contributed by atoms with Gasteiger partial charge in [0.15, 0.2) is 0 Å². The first-order chi connectivity index (χ1) is 10.3. The number of aliphatic carboxylic acids is 1. The third-order valence-corrected chi connectivity index (χ3v) is 3.17. The maximum absolute atomic E-state index is 11.4. The van der Waals surface area contributed by atoms with Gasteiger partial charge in [-0.15, -0.1) is 0 Å². The molecule has 0 fully saturated rings. The number of hydrogen-bond donors (Lipinski definition) is 1. The number of carboxylic acids is 1. The Labute approximate surface area is 129 Å². The molecule has 2 rings (SSSR count). The molecule has 116 valence electrons. The largest absolute Gasteiger partial charge is 0.479 e. The van der Waals surface area contributed by atoms with Crippen LogP contribution >= 0.6 is 0 Å². The normalized spacial score (nSPS) is 12.3. The number of ether oxygens (including phenoxy) is 1. The van der Waals surface area contributed by atoms with Crippen molar-refractivity contribution in [2.75, 3.05) is 7.11 Å². The minimum absolute atomic E-state index is 0.289. The second-order valence-electron chi connectivity index (χ2n) is 5.85. The van der Waals surface area contributed by atoms with Crippen molar-refractivity contribution < 1.29 is 14.6 Å². The van der Waals surface area contributed by atoms with E-state index in [9.17, 15) is 9.90 Å². The molecule has 0 atom stereocenters. The number of methoxy groups -OCH3 is 1. The van der Waals surface area contributed by atoms with E-state index in [1.807, 2.05) is 26.8 Å². The average Bonchev–Trinajstić information content (AvgIpc) is 2.96. The van der Waals surface area contributed by atoms with Gasteiger partial charge in [0.05, 0.1) is 19.1 Å². The zero-order valence-electron chi connectivity index (χ0n) is 13.1. The molecule has 1 N–H and O–H groups in total. The summed E-state index contributed by atoms with van der Waals surface area (Å²) in [5.74, 6) is -0.544. The van der Waals surface area contributed by atoms with Crippen LogP contribution in [0.4, 0.5) is 0 Å². The number of pyridine rings is 1. The Hall–Kier alpha value is -2.63. The highest BCUT2D eigenvalue weighted by Gasteiger charge is 2.23. The van der Waals surface area contributed by atoms with Crippen molar-refractivity contribution in [3.63, 3.8) is 0 Å². The summed E-state index contributed by atoms with van der Waals surface area (Å²) < 4.78 is 7.08. The minimum atomic E-state index is -0.952. The van der Waals surface area contributed by atoms with E-state index in [0.29, 0.717) is 11.6 Å². The zero-order chi connectivity index (χ0) is 16.3. The maximum atomic E-state index is 11.4. The zero-order valence-corrected chi connectivity index (χ0v) is 13.1. The van der Waals surface area contributed by atoms with Gasteiger partial charge in [-0.1, -0.05) is 20.8 Å². The summed E-state index contributed by atoms with van der Waals surface area (Å²) in [5.41, 5.74) is 1.08. The summed E-state index contributed by atoms with van der Waals surface area (Å²) in [7, 11) is 1.53. The lowest BCUT2D eigenvalue weighted by Gasteiger charge is -2.19. The molecule has 2 aromatic rings. The van der Waals surface area contributed by atoms with E-state index in [1.165, 1.54) is 7.11 Å². The van der Waals surface area contributed by atoms with E-state index in [1.54, 1.807) is 35.4 Å². The quantitative estimate of drug-likeness (QED) is 0.879. The van der Waals surface area contributed by atoms with Crippen LogP contribution in [0.25, 0.3) is 11.8 Å². The Morgan fingerprint density at radius 1 is 1.36 bits per heavy atom. The molecule has 0 aliphatic carbocycles. The van der Waals surface area contributed by atoms with Crippen molar-refractivity contribution in [3.05, 3.63) is 42.1 Å². The van der Waals surface area contributed by atoms with Gasteiger partial charge < -0.3 is 14.4 Å². The Bertz CT molecular complexity index is 698. The van der Waals surface area contributed by atoms with E-state index in [2.05, 4.69) is 9.97 Å². The first kappa shape index (κ1) is 15.8. The summed E-state index contributed by atoms with van der Waals surface area (Å²) in [4.78, 5) is 19.8. The van der Waals surface area contributed by atoms with Gasteiger partial charge in [0.25, 0.3) is 0 Å². The number of rotatable bonds is 4. The van der Waals surface area contributed by atoms with E-state index >= 15 is 0 Å². The van der Waals surface area contributed by atoms with Gasteiger partial charge in [0.2, 0.25) is 5.88 Å². The third kappa shape index (κ3) is 3.33. The van der Waals surface area contributed by atoms with Crippen molar-refractivity contribution >= 4 is 12.0 Å². The van der Waals surface area contributed by atoms with Crippen LogP contribution in [0.15, 0.2) is 36.4 Å².